The van der Waals surface area contributed by atoms with Gasteiger partial charge in [0.25, 0.3) is 0 Å². The van der Waals surface area contributed by atoms with E-state index in [1.54, 1.807) is 6.92 Å². The predicted molar refractivity (Wildman–Crippen MR) is 54.0 cm³/mol. The van der Waals surface area contributed by atoms with E-state index in [1.807, 2.05) is 0 Å². The molecule has 1 aromatic heterocycles. The summed E-state index contributed by atoms with van der Waals surface area (Å²) in [6.45, 7) is 1.59. The summed E-state index contributed by atoms with van der Waals surface area (Å²) in [5, 5.41) is 8.56. The number of furan rings is 1. The van der Waals surface area contributed by atoms with Crippen LogP contribution in [0, 0.1) is 6.92 Å². The lowest BCUT2D eigenvalue weighted by atomic mass is 10.1. The SMILES string of the molecule is COC(=O)c1cc(C(N)CC(=O)O)oc1C. The topological polar surface area (TPSA) is 103 Å². The summed E-state index contributed by atoms with van der Waals surface area (Å²) in [6.07, 6.45) is -0.256. The number of carboxylic acids is 1. The number of methoxy groups -OCH3 is 1. The molecule has 6 heteroatoms. The van der Waals surface area contributed by atoms with Gasteiger partial charge in [-0.25, -0.2) is 4.79 Å². The van der Waals surface area contributed by atoms with E-state index >= 15 is 0 Å². The number of carbonyl (C=O) groups excluding carboxylic acids is 1. The van der Waals surface area contributed by atoms with Gasteiger partial charge in [-0.15, -0.1) is 0 Å². The highest BCUT2D eigenvalue weighted by atomic mass is 16.5. The molecule has 6 nitrogen and oxygen atoms in total. The second kappa shape index (κ2) is 4.80. The van der Waals surface area contributed by atoms with Crippen LogP contribution in [0.1, 0.15) is 34.3 Å². The fraction of sp³-hybridized carbons (Fsp3) is 0.400. The molecule has 3 N–H and O–H groups in total. The molecule has 0 amide bonds. The fourth-order valence-corrected chi connectivity index (χ4v) is 1.29. The molecule has 0 fully saturated rings. The van der Waals surface area contributed by atoms with Crippen LogP contribution in [0.3, 0.4) is 0 Å². The van der Waals surface area contributed by atoms with Gasteiger partial charge in [-0.05, 0) is 13.0 Å². The zero-order chi connectivity index (χ0) is 12.3. The van der Waals surface area contributed by atoms with Crippen LogP contribution in [0.5, 0.6) is 0 Å². The summed E-state index contributed by atoms with van der Waals surface area (Å²) < 4.78 is 9.75. The number of nitrogens with two attached hydrogens (primary N) is 1. The first-order chi connectivity index (χ1) is 7.45. The lowest BCUT2D eigenvalue weighted by Gasteiger charge is -2.03. The number of esters is 1. The Bertz CT molecular complexity index is 409. The molecule has 0 spiro atoms. The lowest BCUT2D eigenvalue weighted by molar-refractivity contribution is -0.137. The average Bonchev–Trinajstić information content (AvgIpc) is 2.58. The quantitative estimate of drug-likeness (QED) is 0.739. The third-order valence-corrected chi connectivity index (χ3v) is 2.10. The molecule has 0 bridgehead atoms. The Labute approximate surface area is 92.0 Å². The summed E-state index contributed by atoms with van der Waals surface area (Å²) in [4.78, 5) is 21.7. The molecule has 0 aliphatic heterocycles. The van der Waals surface area contributed by atoms with Crippen molar-refractivity contribution in [1.29, 1.82) is 0 Å². The number of rotatable bonds is 4. The second-order valence-corrected chi connectivity index (χ2v) is 3.31. The van der Waals surface area contributed by atoms with Crippen LogP contribution >= 0.6 is 0 Å². The minimum atomic E-state index is -1.03. The summed E-state index contributed by atoms with van der Waals surface area (Å²) in [7, 11) is 1.26. The maximum Gasteiger partial charge on any atom is 0.341 e. The molecule has 16 heavy (non-hydrogen) atoms. The van der Waals surface area contributed by atoms with E-state index in [0.29, 0.717) is 5.76 Å². The molecule has 1 aromatic rings. The standard InChI is InChI=1S/C10H13NO5/c1-5-6(10(14)15-2)3-8(16-5)7(11)4-9(12)13/h3,7H,4,11H2,1-2H3,(H,12,13). The number of ether oxygens (including phenoxy) is 1. The normalized spacial score (nSPS) is 12.2. The number of hydrogen-bond acceptors (Lipinski definition) is 5. The van der Waals surface area contributed by atoms with E-state index in [0.717, 1.165) is 0 Å². The van der Waals surface area contributed by atoms with Crippen molar-refractivity contribution in [3.05, 3.63) is 23.2 Å². The van der Waals surface area contributed by atoms with Crippen molar-refractivity contribution in [2.75, 3.05) is 7.11 Å². The Morgan fingerprint density at radius 1 is 1.62 bits per heavy atom. The number of aliphatic carboxylic acids is 1. The van der Waals surface area contributed by atoms with Gasteiger partial charge in [0, 0.05) is 0 Å². The third-order valence-electron chi connectivity index (χ3n) is 2.10. The van der Waals surface area contributed by atoms with Crippen LogP contribution in [0.15, 0.2) is 10.5 Å². The largest absolute Gasteiger partial charge is 0.481 e. The number of carboxylic acid groups (broad SMARTS) is 1. The molecule has 0 saturated heterocycles. The molecule has 0 radical (unpaired) electrons. The minimum absolute atomic E-state index is 0.256. The summed E-state index contributed by atoms with van der Waals surface area (Å²) in [6, 6.07) is 0.643. The first-order valence-corrected chi connectivity index (χ1v) is 4.61. The van der Waals surface area contributed by atoms with Crippen molar-refractivity contribution in [1.82, 2.24) is 0 Å². The van der Waals surface area contributed by atoms with E-state index in [9.17, 15) is 9.59 Å². The predicted octanol–water partition coefficient (Wildman–Crippen LogP) is 0.849. The maximum absolute atomic E-state index is 11.3. The van der Waals surface area contributed by atoms with Gasteiger partial charge in [-0.2, -0.15) is 0 Å². The van der Waals surface area contributed by atoms with Crippen molar-refractivity contribution in [3.8, 4) is 0 Å². The molecule has 0 aromatic carbocycles. The molecule has 1 unspecified atom stereocenters. The van der Waals surface area contributed by atoms with Crippen molar-refractivity contribution in [2.45, 2.75) is 19.4 Å². The van der Waals surface area contributed by atoms with Crippen LogP contribution in [0.25, 0.3) is 0 Å². The average molecular weight is 227 g/mol. The van der Waals surface area contributed by atoms with Gasteiger partial charge in [-0.3, -0.25) is 4.79 Å². The number of carbonyl (C=O) groups is 2. The van der Waals surface area contributed by atoms with Crippen LogP contribution in [-0.4, -0.2) is 24.2 Å². The molecule has 0 aliphatic carbocycles. The molecule has 88 valence electrons. The highest BCUT2D eigenvalue weighted by Gasteiger charge is 2.20. The van der Waals surface area contributed by atoms with E-state index in [2.05, 4.69) is 4.74 Å². The second-order valence-electron chi connectivity index (χ2n) is 3.31. The number of hydrogen-bond donors (Lipinski definition) is 2. The van der Waals surface area contributed by atoms with E-state index in [1.165, 1.54) is 13.2 Å². The Morgan fingerprint density at radius 3 is 2.75 bits per heavy atom. The van der Waals surface area contributed by atoms with Crippen molar-refractivity contribution in [2.24, 2.45) is 5.73 Å². The Balaban J connectivity index is 2.91. The van der Waals surface area contributed by atoms with Gasteiger partial charge in [-0.1, -0.05) is 0 Å². The third kappa shape index (κ3) is 2.60. The van der Waals surface area contributed by atoms with Crippen molar-refractivity contribution >= 4 is 11.9 Å². The number of aryl methyl sites for hydroxylation is 1. The van der Waals surface area contributed by atoms with Gasteiger partial charge < -0.3 is 20.0 Å². The Hall–Kier alpha value is -1.82. The van der Waals surface area contributed by atoms with Gasteiger partial charge in [0.1, 0.15) is 17.1 Å². The van der Waals surface area contributed by atoms with Crippen LogP contribution in [0.4, 0.5) is 0 Å². The zero-order valence-corrected chi connectivity index (χ0v) is 9.02. The monoisotopic (exact) mass is 227 g/mol. The maximum atomic E-state index is 11.3. The highest BCUT2D eigenvalue weighted by molar-refractivity contribution is 5.90. The molecule has 0 aliphatic rings. The van der Waals surface area contributed by atoms with E-state index in [-0.39, 0.29) is 17.7 Å². The first kappa shape index (κ1) is 12.3. The van der Waals surface area contributed by atoms with E-state index in [4.69, 9.17) is 15.3 Å². The van der Waals surface area contributed by atoms with Crippen molar-refractivity contribution in [3.63, 3.8) is 0 Å². The Kier molecular flexibility index (Phi) is 3.68. The summed E-state index contributed by atoms with van der Waals surface area (Å²) >= 11 is 0. The van der Waals surface area contributed by atoms with Gasteiger partial charge in [0.15, 0.2) is 0 Å². The summed E-state index contributed by atoms with van der Waals surface area (Å²) in [5.41, 5.74) is 5.86. The molecule has 1 atom stereocenters. The highest BCUT2D eigenvalue weighted by Crippen LogP contribution is 2.21. The van der Waals surface area contributed by atoms with E-state index < -0.39 is 18.0 Å². The zero-order valence-electron chi connectivity index (χ0n) is 9.02. The Morgan fingerprint density at radius 2 is 2.25 bits per heavy atom. The van der Waals surface area contributed by atoms with Crippen LogP contribution in [-0.2, 0) is 9.53 Å². The van der Waals surface area contributed by atoms with Crippen LogP contribution < -0.4 is 5.73 Å². The van der Waals surface area contributed by atoms with Gasteiger partial charge in [0.2, 0.25) is 0 Å². The first-order valence-electron chi connectivity index (χ1n) is 4.61. The molecular formula is C10H13NO5. The van der Waals surface area contributed by atoms with Gasteiger partial charge in [0.05, 0.1) is 19.6 Å². The van der Waals surface area contributed by atoms with Crippen molar-refractivity contribution < 1.29 is 23.8 Å². The summed E-state index contributed by atoms with van der Waals surface area (Å²) in [5.74, 6) is -0.931. The molecule has 1 rings (SSSR count). The minimum Gasteiger partial charge on any atom is -0.481 e. The van der Waals surface area contributed by atoms with Crippen LogP contribution in [0.2, 0.25) is 0 Å². The van der Waals surface area contributed by atoms with Gasteiger partial charge >= 0.3 is 11.9 Å². The molecular weight excluding hydrogens is 214 g/mol. The molecule has 0 saturated carbocycles. The smallest absolute Gasteiger partial charge is 0.341 e. The fourth-order valence-electron chi connectivity index (χ4n) is 1.29. The lowest BCUT2D eigenvalue weighted by Crippen LogP contribution is -2.14. The molecule has 1 heterocycles.